The number of likely N-dealkylation sites (tertiary alicyclic amines) is 1. The lowest BCUT2D eigenvalue weighted by Gasteiger charge is -2.35. The van der Waals surface area contributed by atoms with Gasteiger partial charge in [-0.2, -0.15) is 4.31 Å². The molecule has 2 fully saturated rings. The molecule has 2 aliphatic heterocycles. The molecular formula is C24H31N3O5S. The predicted molar refractivity (Wildman–Crippen MR) is 125 cm³/mol. The first-order valence-electron chi connectivity index (χ1n) is 11.6. The van der Waals surface area contributed by atoms with Gasteiger partial charge in [-0.1, -0.05) is 32.4 Å². The van der Waals surface area contributed by atoms with Gasteiger partial charge in [-0.3, -0.25) is 9.59 Å². The monoisotopic (exact) mass is 473 g/mol. The van der Waals surface area contributed by atoms with E-state index < -0.39 is 15.9 Å². The first kappa shape index (κ1) is 23.5. The third-order valence-corrected chi connectivity index (χ3v) is 8.05. The Labute approximate surface area is 195 Å². The topological polar surface area (TPSA) is 99.9 Å². The van der Waals surface area contributed by atoms with Crippen LogP contribution in [0.2, 0.25) is 0 Å². The van der Waals surface area contributed by atoms with Crippen LogP contribution in [0.25, 0.3) is 0 Å². The number of benzene rings is 1. The SMILES string of the molecule is CC1CC(C)CN(C(=O)c2ccccc2NC(=O)c2ccc(S(=O)(=O)N3CCCCC3)o2)C1. The number of rotatable bonds is 5. The van der Waals surface area contributed by atoms with Crippen LogP contribution in [0, 0.1) is 11.8 Å². The Bertz CT molecular complexity index is 1110. The second-order valence-electron chi connectivity index (χ2n) is 9.24. The number of carbonyl (C=O) groups is 2. The van der Waals surface area contributed by atoms with Crippen LogP contribution in [0.15, 0.2) is 45.9 Å². The summed E-state index contributed by atoms with van der Waals surface area (Å²) in [6.45, 7) is 6.54. The van der Waals surface area contributed by atoms with Gasteiger partial charge in [0, 0.05) is 26.2 Å². The van der Waals surface area contributed by atoms with E-state index in [1.54, 1.807) is 24.3 Å². The third kappa shape index (κ3) is 5.14. The lowest BCUT2D eigenvalue weighted by atomic mass is 9.91. The molecule has 33 heavy (non-hydrogen) atoms. The number of hydrogen-bond donors (Lipinski definition) is 1. The number of carbonyl (C=O) groups excluding carboxylic acids is 2. The van der Waals surface area contributed by atoms with Crippen LogP contribution >= 0.6 is 0 Å². The zero-order valence-corrected chi connectivity index (χ0v) is 19.9. The van der Waals surface area contributed by atoms with Gasteiger partial charge in [-0.15, -0.1) is 0 Å². The van der Waals surface area contributed by atoms with Crippen LogP contribution in [0.4, 0.5) is 5.69 Å². The minimum Gasteiger partial charge on any atom is -0.438 e. The van der Waals surface area contributed by atoms with Gasteiger partial charge in [0.05, 0.1) is 11.3 Å². The summed E-state index contributed by atoms with van der Waals surface area (Å²) in [5.74, 6) is -0.00780. The van der Waals surface area contributed by atoms with E-state index in [2.05, 4.69) is 19.2 Å². The van der Waals surface area contributed by atoms with Crippen LogP contribution in [0.1, 0.15) is 60.4 Å². The van der Waals surface area contributed by atoms with Gasteiger partial charge in [0.2, 0.25) is 5.09 Å². The van der Waals surface area contributed by atoms with Crippen LogP contribution in [-0.2, 0) is 10.0 Å². The van der Waals surface area contributed by atoms with E-state index in [-0.39, 0.29) is 16.8 Å². The van der Waals surface area contributed by atoms with E-state index in [1.165, 1.54) is 16.4 Å². The number of nitrogens with one attached hydrogen (secondary N) is 1. The molecule has 178 valence electrons. The van der Waals surface area contributed by atoms with Gasteiger partial charge in [-0.05, 0) is 55.4 Å². The minimum atomic E-state index is -3.77. The Morgan fingerprint density at radius 1 is 0.970 bits per heavy atom. The van der Waals surface area contributed by atoms with Crippen molar-refractivity contribution in [3.05, 3.63) is 47.7 Å². The molecule has 1 aromatic carbocycles. The molecule has 2 saturated heterocycles. The van der Waals surface area contributed by atoms with Crippen molar-refractivity contribution in [3.8, 4) is 0 Å². The van der Waals surface area contributed by atoms with Crippen LogP contribution in [0.3, 0.4) is 0 Å². The highest BCUT2D eigenvalue weighted by Gasteiger charge is 2.31. The maximum Gasteiger partial charge on any atom is 0.291 e. The maximum absolute atomic E-state index is 13.2. The van der Waals surface area contributed by atoms with Crippen LogP contribution in [0.5, 0.6) is 0 Å². The number of amides is 2. The zero-order chi connectivity index (χ0) is 23.6. The number of sulfonamides is 1. The van der Waals surface area contributed by atoms with Crippen molar-refractivity contribution in [2.75, 3.05) is 31.5 Å². The molecule has 0 aliphatic carbocycles. The van der Waals surface area contributed by atoms with Gasteiger partial charge in [0.1, 0.15) is 0 Å². The Kier molecular flexibility index (Phi) is 6.90. The van der Waals surface area contributed by atoms with E-state index in [1.807, 2.05) is 4.90 Å². The molecule has 9 heteroatoms. The molecular weight excluding hydrogens is 442 g/mol. The Balaban J connectivity index is 1.50. The van der Waals surface area contributed by atoms with Crippen LogP contribution in [-0.4, -0.2) is 55.6 Å². The number of furan rings is 1. The summed E-state index contributed by atoms with van der Waals surface area (Å²) in [6.07, 6.45) is 3.72. The van der Waals surface area contributed by atoms with Crippen molar-refractivity contribution in [3.63, 3.8) is 0 Å². The number of anilines is 1. The summed E-state index contributed by atoms with van der Waals surface area (Å²) in [5, 5.41) is 2.48. The van der Waals surface area contributed by atoms with Crippen molar-refractivity contribution in [2.24, 2.45) is 11.8 Å². The average Bonchev–Trinajstić information content (AvgIpc) is 3.30. The first-order valence-corrected chi connectivity index (χ1v) is 13.0. The molecule has 8 nitrogen and oxygen atoms in total. The number of hydrogen-bond acceptors (Lipinski definition) is 5. The maximum atomic E-state index is 13.2. The first-order chi connectivity index (χ1) is 15.8. The number of piperidine rings is 2. The third-order valence-electron chi connectivity index (χ3n) is 6.28. The minimum absolute atomic E-state index is 0.118. The summed E-state index contributed by atoms with van der Waals surface area (Å²) in [7, 11) is -3.77. The number of nitrogens with zero attached hydrogens (tertiary/aromatic N) is 2. The molecule has 4 rings (SSSR count). The highest BCUT2D eigenvalue weighted by atomic mass is 32.2. The van der Waals surface area contributed by atoms with Crippen molar-refractivity contribution in [2.45, 2.75) is 44.6 Å². The summed E-state index contributed by atoms with van der Waals surface area (Å²) in [6, 6.07) is 9.52. The lowest BCUT2D eigenvalue weighted by molar-refractivity contribution is 0.0624. The molecule has 3 heterocycles. The lowest BCUT2D eigenvalue weighted by Crippen LogP contribution is -2.42. The largest absolute Gasteiger partial charge is 0.438 e. The Hall–Kier alpha value is -2.65. The van der Waals surface area contributed by atoms with Crippen molar-refractivity contribution < 1.29 is 22.4 Å². The molecule has 2 aliphatic rings. The van der Waals surface area contributed by atoms with Gasteiger partial charge >= 0.3 is 0 Å². The second-order valence-corrected chi connectivity index (χ2v) is 11.1. The highest BCUT2D eigenvalue weighted by molar-refractivity contribution is 7.89. The van der Waals surface area contributed by atoms with Gasteiger partial charge in [0.25, 0.3) is 21.8 Å². The van der Waals surface area contributed by atoms with Gasteiger partial charge in [-0.25, -0.2) is 8.42 Å². The molecule has 0 saturated carbocycles. The highest BCUT2D eigenvalue weighted by Crippen LogP contribution is 2.26. The van der Waals surface area contributed by atoms with E-state index in [9.17, 15) is 18.0 Å². The molecule has 2 unspecified atom stereocenters. The fourth-order valence-electron chi connectivity index (χ4n) is 4.77. The summed E-state index contributed by atoms with van der Waals surface area (Å²) < 4.78 is 32.4. The van der Waals surface area contributed by atoms with Crippen molar-refractivity contribution >= 4 is 27.5 Å². The molecule has 1 aromatic heterocycles. The molecule has 1 N–H and O–H groups in total. The molecule has 2 amide bonds. The van der Waals surface area contributed by atoms with E-state index in [0.717, 1.165) is 25.7 Å². The van der Waals surface area contributed by atoms with E-state index >= 15 is 0 Å². The van der Waals surface area contributed by atoms with Crippen molar-refractivity contribution in [1.29, 1.82) is 0 Å². The molecule has 0 spiro atoms. The Morgan fingerprint density at radius 2 is 1.64 bits per heavy atom. The Morgan fingerprint density at radius 3 is 2.33 bits per heavy atom. The summed E-state index contributed by atoms with van der Waals surface area (Å²) in [5.41, 5.74) is 0.773. The fourth-order valence-corrected chi connectivity index (χ4v) is 6.20. The average molecular weight is 474 g/mol. The molecule has 0 radical (unpaired) electrons. The van der Waals surface area contributed by atoms with Crippen LogP contribution < -0.4 is 5.32 Å². The van der Waals surface area contributed by atoms with Crippen molar-refractivity contribution in [1.82, 2.24) is 9.21 Å². The smallest absolute Gasteiger partial charge is 0.291 e. The number of para-hydroxylation sites is 1. The van der Waals surface area contributed by atoms with Gasteiger partial charge < -0.3 is 14.6 Å². The predicted octanol–water partition coefficient (Wildman–Crippen LogP) is 3.82. The molecule has 2 atom stereocenters. The van der Waals surface area contributed by atoms with E-state index in [0.29, 0.717) is 49.3 Å². The van der Waals surface area contributed by atoms with E-state index in [4.69, 9.17) is 4.42 Å². The quantitative estimate of drug-likeness (QED) is 0.712. The summed E-state index contributed by atoms with van der Waals surface area (Å²) in [4.78, 5) is 27.9. The second kappa shape index (κ2) is 9.69. The molecule has 0 bridgehead atoms. The fraction of sp³-hybridized carbons (Fsp3) is 0.500. The molecule has 2 aromatic rings. The summed E-state index contributed by atoms with van der Waals surface area (Å²) >= 11 is 0. The van der Waals surface area contributed by atoms with Gasteiger partial charge in [0.15, 0.2) is 5.76 Å². The normalized spacial score (nSPS) is 22.2. The standard InChI is InChI=1S/C24H31N3O5S/c1-17-14-18(2)16-26(15-17)24(29)19-8-4-5-9-20(19)25-23(28)21-10-11-22(32-21)33(30,31)27-12-6-3-7-13-27/h4-5,8-11,17-18H,3,6-7,12-16H2,1-2H3,(H,25,28). The zero-order valence-electron chi connectivity index (χ0n) is 19.1.